The molecule has 1 aromatic rings. The van der Waals surface area contributed by atoms with Crippen molar-refractivity contribution in [1.82, 2.24) is 19.8 Å². The molecule has 1 aromatic heterocycles. The number of rotatable bonds is 5. The van der Waals surface area contributed by atoms with E-state index >= 15 is 0 Å². The van der Waals surface area contributed by atoms with E-state index in [9.17, 15) is 9.59 Å². The summed E-state index contributed by atoms with van der Waals surface area (Å²) in [5.41, 5.74) is 5.33. The van der Waals surface area contributed by atoms with E-state index in [1.54, 1.807) is 16.8 Å². The molecule has 8 heteroatoms. The van der Waals surface area contributed by atoms with Crippen LogP contribution in [0.4, 0.5) is 5.95 Å². The summed E-state index contributed by atoms with van der Waals surface area (Å²) < 4.78 is 6.01. The number of amides is 2. The first-order chi connectivity index (χ1) is 12.4. The third-order valence-corrected chi connectivity index (χ3v) is 6.40. The summed E-state index contributed by atoms with van der Waals surface area (Å²) in [4.78, 5) is 36.5. The topological polar surface area (TPSA) is 102 Å². The second-order valence-electron chi connectivity index (χ2n) is 7.81. The lowest BCUT2D eigenvalue weighted by Crippen LogP contribution is -2.53. The Balaban J connectivity index is 1.35. The maximum Gasteiger partial charge on any atom is 0.256 e. The molecule has 1 aliphatic heterocycles. The monoisotopic (exact) mass is 359 g/mol. The largest absolute Gasteiger partial charge is 0.374 e. The van der Waals surface area contributed by atoms with Gasteiger partial charge in [-0.25, -0.2) is 9.97 Å². The molecule has 0 radical (unpaired) electrons. The van der Waals surface area contributed by atoms with Crippen molar-refractivity contribution in [2.75, 3.05) is 39.5 Å². The Morgan fingerprint density at radius 2 is 1.88 bits per heavy atom. The van der Waals surface area contributed by atoms with Gasteiger partial charge in [0.2, 0.25) is 11.9 Å². The van der Waals surface area contributed by atoms with E-state index in [0.29, 0.717) is 24.6 Å². The number of likely N-dealkylation sites (N-methyl/N-ethyl adjacent to an activating group) is 2. The zero-order valence-corrected chi connectivity index (χ0v) is 15.3. The summed E-state index contributed by atoms with van der Waals surface area (Å²) in [5, 5.41) is 0. The predicted molar refractivity (Wildman–Crippen MR) is 94.1 cm³/mol. The average Bonchev–Trinajstić information content (AvgIpc) is 3.24. The van der Waals surface area contributed by atoms with Crippen LogP contribution < -0.4 is 5.73 Å². The van der Waals surface area contributed by atoms with Crippen LogP contribution in [0, 0.1) is 11.3 Å². The van der Waals surface area contributed by atoms with Crippen LogP contribution in [-0.2, 0) is 9.53 Å². The molecule has 8 nitrogen and oxygen atoms in total. The van der Waals surface area contributed by atoms with E-state index in [0.717, 1.165) is 32.3 Å². The van der Waals surface area contributed by atoms with Gasteiger partial charge in [-0.05, 0) is 25.7 Å². The van der Waals surface area contributed by atoms with Crippen LogP contribution >= 0.6 is 0 Å². The van der Waals surface area contributed by atoms with Crippen molar-refractivity contribution in [2.45, 2.75) is 31.3 Å². The van der Waals surface area contributed by atoms with Crippen molar-refractivity contribution >= 4 is 17.8 Å². The number of carbonyl (C=O) groups is 2. The van der Waals surface area contributed by atoms with Crippen LogP contribution in [-0.4, -0.2) is 71.0 Å². The van der Waals surface area contributed by atoms with Gasteiger partial charge in [0.1, 0.15) is 0 Å². The third kappa shape index (κ3) is 2.39. The number of anilines is 1. The summed E-state index contributed by atoms with van der Waals surface area (Å²) in [5.74, 6) is 0.505. The van der Waals surface area contributed by atoms with Crippen molar-refractivity contribution in [3.8, 4) is 0 Å². The molecule has 3 aliphatic rings. The summed E-state index contributed by atoms with van der Waals surface area (Å²) in [7, 11) is 3.53. The zero-order valence-electron chi connectivity index (χ0n) is 15.3. The van der Waals surface area contributed by atoms with Gasteiger partial charge in [-0.1, -0.05) is 0 Å². The van der Waals surface area contributed by atoms with E-state index in [1.807, 2.05) is 7.05 Å². The van der Waals surface area contributed by atoms with Gasteiger partial charge in [0.05, 0.1) is 23.2 Å². The van der Waals surface area contributed by atoms with Crippen LogP contribution in [0.2, 0.25) is 0 Å². The SMILES string of the molecule is CN(CCN(C)C(=O)[C@]12C[C@H]1COC21CCC1)C(=O)c1cnc(N)nc1. The molecule has 0 bridgehead atoms. The van der Waals surface area contributed by atoms with Crippen molar-refractivity contribution in [3.05, 3.63) is 18.0 Å². The highest BCUT2D eigenvalue weighted by atomic mass is 16.5. The van der Waals surface area contributed by atoms with Crippen LogP contribution in [0.3, 0.4) is 0 Å². The molecule has 0 aromatic carbocycles. The molecule has 1 saturated heterocycles. The number of aromatic nitrogens is 2. The smallest absolute Gasteiger partial charge is 0.256 e. The van der Waals surface area contributed by atoms with Gasteiger partial charge in [0.15, 0.2) is 0 Å². The van der Waals surface area contributed by atoms with Crippen molar-refractivity contribution < 1.29 is 14.3 Å². The van der Waals surface area contributed by atoms with Crippen LogP contribution in [0.15, 0.2) is 12.4 Å². The fourth-order valence-electron chi connectivity index (χ4n) is 4.54. The Morgan fingerprint density at radius 1 is 1.23 bits per heavy atom. The summed E-state index contributed by atoms with van der Waals surface area (Å²) in [6.07, 6.45) is 6.93. The van der Waals surface area contributed by atoms with E-state index in [1.165, 1.54) is 12.4 Å². The molecule has 0 unspecified atom stereocenters. The quantitative estimate of drug-likeness (QED) is 0.824. The first kappa shape index (κ1) is 17.2. The number of carbonyl (C=O) groups excluding carboxylic acids is 2. The van der Waals surface area contributed by atoms with E-state index in [-0.39, 0.29) is 28.8 Å². The Labute approximate surface area is 152 Å². The molecular weight excluding hydrogens is 334 g/mol. The van der Waals surface area contributed by atoms with Gasteiger partial charge in [-0.15, -0.1) is 0 Å². The molecule has 4 rings (SSSR count). The van der Waals surface area contributed by atoms with Crippen LogP contribution in [0.1, 0.15) is 36.0 Å². The Hall–Kier alpha value is -2.22. The van der Waals surface area contributed by atoms with Crippen LogP contribution in [0.5, 0.6) is 0 Å². The third-order valence-electron chi connectivity index (χ3n) is 6.40. The predicted octanol–water partition coefficient (Wildman–Crippen LogP) is 0.548. The second-order valence-corrected chi connectivity index (χ2v) is 7.81. The number of nitrogens with two attached hydrogens (primary N) is 1. The maximum atomic E-state index is 13.1. The number of hydrogen-bond donors (Lipinski definition) is 1. The average molecular weight is 359 g/mol. The lowest BCUT2D eigenvalue weighted by atomic mass is 9.68. The minimum Gasteiger partial charge on any atom is -0.374 e. The normalized spacial score (nSPS) is 27.5. The summed E-state index contributed by atoms with van der Waals surface area (Å²) in [6.45, 7) is 1.65. The highest BCUT2D eigenvalue weighted by Gasteiger charge is 2.77. The van der Waals surface area contributed by atoms with Crippen molar-refractivity contribution in [2.24, 2.45) is 11.3 Å². The Bertz CT molecular complexity index is 733. The lowest BCUT2D eigenvalue weighted by molar-refractivity contribution is -0.157. The lowest BCUT2D eigenvalue weighted by Gasteiger charge is -2.45. The van der Waals surface area contributed by atoms with Gasteiger partial charge >= 0.3 is 0 Å². The van der Waals surface area contributed by atoms with Gasteiger partial charge in [-0.3, -0.25) is 9.59 Å². The van der Waals surface area contributed by atoms with Gasteiger partial charge in [0, 0.05) is 45.5 Å². The Kier molecular flexibility index (Phi) is 3.91. The molecule has 1 spiro atoms. The minimum atomic E-state index is -0.298. The fourth-order valence-corrected chi connectivity index (χ4v) is 4.54. The molecule has 140 valence electrons. The number of nitrogen functional groups attached to an aromatic ring is 1. The number of nitrogens with zero attached hydrogens (tertiary/aromatic N) is 4. The van der Waals surface area contributed by atoms with Gasteiger partial charge < -0.3 is 20.3 Å². The van der Waals surface area contributed by atoms with E-state index < -0.39 is 0 Å². The molecule has 3 fully saturated rings. The molecule has 2 N–H and O–H groups in total. The van der Waals surface area contributed by atoms with E-state index in [4.69, 9.17) is 10.5 Å². The summed E-state index contributed by atoms with van der Waals surface area (Å²) >= 11 is 0. The Morgan fingerprint density at radius 3 is 2.46 bits per heavy atom. The molecule has 2 aliphatic carbocycles. The first-order valence-electron chi connectivity index (χ1n) is 9.12. The zero-order chi connectivity index (χ0) is 18.5. The number of fused-ring (bicyclic) bond motifs is 2. The standard InChI is InChI=1S/C18H25N5O3/c1-22(14(24)12-9-20-16(19)21-10-12)6-7-23(2)15(25)18-8-13(18)11-26-17(18)4-3-5-17/h9-10,13H,3-8,11H2,1-2H3,(H2,19,20,21)/t13-,18-/m0/s1. The number of hydrogen-bond acceptors (Lipinski definition) is 6. The second kappa shape index (κ2) is 5.90. The molecule has 2 heterocycles. The molecular formula is C18H25N5O3. The minimum absolute atomic E-state index is 0.136. The molecule has 26 heavy (non-hydrogen) atoms. The highest BCUT2D eigenvalue weighted by molar-refractivity contribution is 5.93. The fraction of sp³-hybridized carbons (Fsp3) is 0.667. The van der Waals surface area contributed by atoms with Gasteiger partial charge in [-0.2, -0.15) is 0 Å². The van der Waals surface area contributed by atoms with E-state index in [2.05, 4.69) is 9.97 Å². The summed E-state index contributed by atoms with van der Waals surface area (Å²) in [6, 6.07) is 0. The van der Waals surface area contributed by atoms with Crippen molar-refractivity contribution in [3.63, 3.8) is 0 Å². The first-order valence-corrected chi connectivity index (χ1v) is 9.12. The molecule has 2 atom stereocenters. The molecule has 2 saturated carbocycles. The number of ether oxygens (including phenoxy) is 1. The molecule has 2 amide bonds. The highest BCUT2D eigenvalue weighted by Crippen LogP contribution is 2.71. The van der Waals surface area contributed by atoms with Crippen LogP contribution in [0.25, 0.3) is 0 Å². The maximum absolute atomic E-state index is 13.1. The van der Waals surface area contributed by atoms with Gasteiger partial charge in [0.25, 0.3) is 5.91 Å². The van der Waals surface area contributed by atoms with Crippen molar-refractivity contribution in [1.29, 1.82) is 0 Å².